The number of halogens is 2. The standard InChI is InChI=1S/C15H19ClFN3O/c1-12(16)10-19-5-7-20(8-6-19)11-15(21)18-14-4-2-3-13(17)9-14/h2-4,9H,1,5-8,10-11H2,(H,18,21)/p+2. The van der Waals surface area contributed by atoms with Gasteiger partial charge in [-0.3, -0.25) is 4.79 Å². The Kier molecular flexibility index (Phi) is 5.73. The fourth-order valence-corrected chi connectivity index (χ4v) is 2.77. The van der Waals surface area contributed by atoms with E-state index in [1.165, 1.54) is 21.9 Å². The zero-order chi connectivity index (χ0) is 15.2. The van der Waals surface area contributed by atoms with Gasteiger partial charge in [-0.15, -0.1) is 0 Å². The Labute approximate surface area is 129 Å². The van der Waals surface area contributed by atoms with Crippen molar-refractivity contribution in [1.29, 1.82) is 0 Å². The van der Waals surface area contributed by atoms with Crippen LogP contribution in [0.5, 0.6) is 0 Å². The Balaban J connectivity index is 1.75. The number of carbonyl (C=O) groups is 1. The van der Waals surface area contributed by atoms with E-state index >= 15 is 0 Å². The molecule has 0 unspecified atom stereocenters. The SMILES string of the molecule is C=C(Cl)C[NH+]1CC[NH+](CC(=O)Nc2cccc(F)c2)CC1. The van der Waals surface area contributed by atoms with Crippen LogP contribution in [0.4, 0.5) is 10.1 Å². The van der Waals surface area contributed by atoms with Crippen molar-refractivity contribution in [3.63, 3.8) is 0 Å². The van der Waals surface area contributed by atoms with Gasteiger partial charge in [0.2, 0.25) is 0 Å². The molecule has 114 valence electrons. The van der Waals surface area contributed by atoms with Gasteiger partial charge in [-0.05, 0) is 18.2 Å². The van der Waals surface area contributed by atoms with Gasteiger partial charge >= 0.3 is 0 Å². The first-order chi connectivity index (χ1) is 10.0. The maximum atomic E-state index is 13.0. The van der Waals surface area contributed by atoms with Crippen LogP contribution < -0.4 is 15.1 Å². The fraction of sp³-hybridized carbons (Fsp3) is 0.400. The van der Waals surface area contributed by atoms with Crippen molar-refractivity contribution in [1.82, 2.24) is 0 Å². The molecule has 3 N–H and O–H groups in total. The number of benzene rings is 1. The van der Waals surface area contributed by atoms with Gasteiger partial charge in [-0.2, -0.15) is 0 Å². The minimum Gasteiger partial charge on any atom is -0.321 e. The summed E-state index contributed by atoms with van der Waals surface area (Å²) in [5.41, 5.74) is 0.502. The van der Waals surface area contributed by atoms with Crippen LogP contribution in [-0.4, -0.2) is 45.2 Å². The van der Waals surface area contributed by atoms with Crippen molar-refractivity contribution in [2.24, 2.45) is 0 Å². The highest BCUT2D eigenvalue weighted by atomic mass is 35.5. The number of anilines is 1. The van der Waals surface area contributed by atoms with E-state index in [9.17, 15) is 9.18 Å². The lowest BCUT2D eigenvalue weighted by Gasteiger charge is -2.29. The number of quaternary nitrogens is 2. The molecule has 0 saturated carbocycles. The maximum Gasteiger partial charge on any atom is 0.279 e. The molecule has 0 aromatic heterocycles. The summed E-state index contributed by atoms with van der Waals surface area (Å²) < 4.78 is 13.0. The zero-order valence-electron chi connectivity index (χ0n) is 11.9. The molecular formula is C15H21ClFN3O+2. The number of amides is 1. The molecule has 4 nitrogen and oxygen atoms in total. The first-order valence-electron chi connectivity index (χ1n) is 7.09. The summed E-state index contributed by atoms with van der Waals surface area (Å²) in [6.07, 6.45) is 0. The molecule has 1 aliphatic heterocycles. The molecule has 1 fully saturated rings. The van der Waals surface area contributed by atoms with Crippen molar-refractivity contribution in [2.75, 3.05) is 44.6 Å². The Morgan fingerprint density at radius 3 is 2.43 bits per heavy atom. The van der Waals surface area contributed by atoms with Gasteiger partial charge in [0.15, 0.2) is 6.54 Å². The van der Waals surface area contributed by atoms with Crippen molar-refractivity contribution < 1.29 is 19.0 Å². The molecule has 0 bridgehead atoms. The Bertz CT molecular complexity index is 515. The molecule has 1 saturated heterocycles. The van der Waals surface area contributed by atoms with E-state index in [0.29, 0.717) is 17.3 Å². The van der Waals surface area contributed by atoms with Crippen LogP contribution in [-0.2, 0) is 4.79 Å². The molecule has 6 heteroatoms. The lowest BCUT2D eigenvalue weighted by Crippen LogP contribution is -3.28. The molecule has 1 aromatic carbocycles. The van der Waals surface area contributed by atoms with Crippen molar-refractivity contribution >= 4 is 23.2 Å². The minimum absolute atomic E-state index is 0.0826. The van der Waals surface area contributed by atoms with Crippen LogP contribution >= 0.6 is 11.6 Å². The van der Waals surface area contributed by atoms with Crippen LogP contribution in [0.1, 0.15) is 0 Å². The first-order valence-corrected chi connectivity index (χ1v) is 7.46. The Morgan fingerprint density at radius 1 is 1.24 bits per heavy atom. The largest absolute Gasteiger partial charge is 0.321 e. The van der Waals surface area contributed by atoms with E-state index in [-0.39, 0.29) is 11.7 Å². The average Bonchev–Trinajstić information content (AvgIpc) is 2.40. The smallest absolute Gasteiger partial charge is 0.279 e. The Morgan fingerprint density at radius 2 is 1.86 bits per heavy atom. The van der Waals surface area contributed by atoms with Gasteiger partial charge in [0.05, 0.1) is 5.03 Å². The predicted molar refractivity (Wildman–Crippen MR) is 81.2 cm³/mol. The molecule has 21 heavy (non-hydrogen) atoms. The van der Waals surface area contributed by atoms with Gasteiger partial charge in [0.1, 0.15) is 38.5 Å². The summed E-state index contributed by atoms with van der Waals surface area (Å²) in [7, 11) is 0. The monoisotopic (exact) mass is 313 g/mol. The van der Waals surface area contributed by atoms with Gasteiger partial charge in [-0.25, -0.2) is 4.39 Å². The molecule has 1 heterocycles. The number of hydrogen-bond acceptors (Lipinski definition) is 1. The zero-order valence-corrected chi connectivity index (χ0v) is 12.7. The summed E-state index contributed by atoms with van der Waals surface area (Å²) >= 11 is 5.82. The summed E-state index contributed by atoms with van der Waals surface area (Å²) in [6.45, 7) is 8.72. The van der Waals surface area contributed by atoms with E-state index in [2.05, 4.69) is 11.9 Å². The number of rotatable bonds is 5. The summed E-state index contributed by atoms with van der Waals surface area (Å²) in [6, 6.07) is 5.94. The second kappa shape index (κ2) is 7.54. The topological polar surface area (TPSA) is 38.0 Å². The number of nitrogens with one attached hydrogen (secondary N) is 3. The van der Waals surface area contributed by atoms with E-state index in [4.69, 9.17) is 11.6 Å². The predicted octanol–water partition coefficient (Wildman–Crippen LogP) is -0.700. The van der Waals surface area contributed by atoms with Crippen molar-refractivity contribution in [3.05, 3.63) is 41.7 Å². The molecule has 0 spiro atoms. The van der Waals surface area contributed by atoms with Crippen molar-refractivity contribution in [3.8, 4) is 0 Å². The highest BCUT2D eigenvalue weighted by Gasteiger charge is 2.24. The van der Waals surface area contributed by atoms with E-state index in [1.807, 2.05) is 0 Å². The van der Waals surface area contributed by atoms with E-state index in [0.717, 1.165) is 32.7 Å². The fourth-order valence-electron chi connectivity index (χ4n) is 2.58. The normalized spacial score (nSPS) is 21.8. The number of carbonyl (C=O) groups excluding carboxylic acids is 1. The minimum atomic E-state index is -0.348. The highest BCUT2D eigenvalue weighted by Crippen LogP contribution is 2.08. The summed E-state index contributed by atoms with van der Waals surface area (Å²) in [5.74, 6) is -0.431. The number of hydrogen-bond donors (Lipinski definition) is 3. The molecule has 0 radical (unpaired) electrons. The van der Waals surface area contributed by atoms with Crippen LogP contribution in [0, 0.1) is 5.82 Å². The van der Waals surface area contributed by atoms with Crippen LogP contribution in [0.3, 0.4) is 0 Å². The van der Waals surface area contributed by atoms with Gasteiger partial charge in [0, 0.05) is 5.69 Å². The third kappa shape index (κ3) is 5.46. The average molecular weight is 314 g/mol. The molecule has 2 rings (SSSR count). The highest BCUT2D eigenvalue weighted by molar-refractivity contribution is 6.29. The van der Waals surface area contributed by atoms with E-state index in [1.54, 1.807) is 12.1 Å². The molecule has 1 amide bonds. The van der Waals surface area contributed by atoms with Crippen molar-refractivity contribution in [2.45, 2.75) is 0 Å². The second-order valence-electron chi connectivity index (χ2n) is 5.43. The summed E-state index contributed by atoms with van der Waals surface area (Å²) in [5, 5.41) is 3.41. The lowest BCUT2D eigenvalue weighted by atomic mass is 10.3. The third-order valence-electron chi connectivity index (χ3n) is 3.62. The molecule has 1 aliphatic rings. The van der Waals surface area contributed by atoms with E-state index < -0.39 is 0 Å². The lowest BCUT2D eigenvalue weighted by molar-refractivity contribution is -1.01. The first kappa shape index (κ1) is 15.9. The molecule has 0 aliphatic carbocycles. The van der Waals surface area contributed by atoms with Gasteiger partial charge < -0.3 is 15.1 Å². The molecule has 1 aromatic rings. The molecule has 0 atom stereocenters. The van der Waals surface area contributed by atoms with Gasteiger partial charge in [0.25, 0.3) is 5.91 Å². The second-order valence-corrected chi connectivity index (χ2v) is 5.96. The van der Waals surface area contributed by atoms with Crippen LogP contribution in [0.2, 0.25) is 0 Å². The molecular weight excluding hydrogens is 293 g/mol. The third-order valence-corrected chi connectivity index (χ3v) is 3.76. The number of piperazine rings is 1. The van der Waals surface area contributed by atoms with Gasteiger partial charge in [-0.1, -0.05) is 24.2 Å². The van der Waals surface area contributed by atoms with Crippen LogP contribution in [0.25, 0.3) is 0 Å². The quantitative estimate of drug-likeness (QED) is 0.661. The Hall–Kier alpha value is -1.43. The van der Waals surface area contributed by atoms with Crippen LogP contribution in [0.15, 0.2) is 35.9 Å². The summed E-state index contributed by atoms with van der Waals surface area (Å²) in [4.78, 5) is 14.6. The maximum absolute atomic E-state index is 13.0.